The summed E-state index contributed by atoms with van der Waals surface area (Å²) in [5.41, 5.74) is 2.15. The first-order chi connectivity index (χ1) is 7.09. The van der Waals surface area contributed by atoms with E-state index < -0.39 is 12.0 Å². The minimum absolute atomic E-state index is 0.0554. The van der Waals surface area contributed by atoms with Crippen molar-refractivity contribution in [3.8, 4) is 0 Å². The fourth-order valence-electron chi connectivity index (χ4n) is 1.57. The van der Waals surface area contributed by atoms with Crippen molar-refractivity contribution < 1.29 is 9.90 Å². The van der Waals surface area contributed by atoms with Crippen LogP contribution in [0.15, 0.2) is 6.20 Å². The van der Waals surface area contributed by atoms with E-state index in [0.717, 1.165) is 11.3 Å². The van der Waals surface area contributed by atoms with Crippen LogP contribution in [0.1, 0.15) is 16.6 Å². The highest BCUT2D eigenvalue weighted by molar-refractivity contribution is 7.99. The Balaban J connectivity index is 2.14. The Morgan fingerprint density at radius 1 is 1.80 bits per heavy atom. The molecule has 0 saturated carbocycles. The highest BCUT2D eigenvalue weighted by Crippen LogP contribution is 2.34. The van der Waals surface area contributed by atoms with Gasteiger partial charge in [-0.2, -0.15) is 5.10 Å². The van der Waals surface area contributed by atoms with Crippen molar-refractivity contribution in [1.82, 2.24) is 15.1 Å². The zero-order valence-electron chi connectivity index (χ0n) is 8.60. The standard InChI is InChI=1S/C9H13N3O2S/c1-5-6(3-10-12(5)2)8-11-7(4-15-8)9(13)14/h3,7-8,11H,4H2,1-2H3,(H,13,14)/t7-,8+/m1/s1. The Hall–Kier alpha value is -1.01. The van der Waals surface area contributed by atoms with Crippen molar-refractivity contribution >= 4 is 17.7 Å². The van der Waals surface area contributed by atoms with Crippen molar-refractivity contribution in [1.29, 1.82) is 0 Å². The first-order valence-corrected chi connectivity index (χ1v) is 5.73. The summed E-state index contributed by atoms with van der Waals surface area (Å²) in [6.45, 7) is 1.98. The van der Waals surface area contributed by atoms with Crippen molar-refractivity contribution in [3.63, 3.8) is 0 Å². The fraction of sp³-hybridized carbons (Fsp3) is 0.556. The molecular weight excluding hydrogens is 214 g/mol. The van der Waals surface area contributed by atoms with Crippen LogP contribution in [0, 0.1) is 6.92 Å². The van der Waals surface area contributed by atoms with E-state index in [-0.39, 0.29) is 5.37 Å². The summed E-state index contributed by atoms with van der Waals surface area (Å²) in [6, 6.07) is -0.445. The molecule has 0 unspecified atom stereocenters. The third kappa shape index (κ3) is 1.87. The number of nitrogens with zero attached hydrogens (tertiary/aromatic N) is 2. The van der Waals surface area contributed by atoms with Gasteiger partial charge in [-0.15, -0.1) is 11.8 Å². The predicted octanol–water partition coefficient (Wildman–Crippen LogP) is 0.517. The maximum atomic E-state index is 10.8. The molecule has 1 aliphatic rings. The Labute approximate surface area is 91.9 Å². The number of hydrogen-bond acceptors (Lipinski definition) is 4. The lowest BCUT2D eigenvalue weighted by Crippen LogP contribution is -2.33. The molecule has 0 aliphatic carbocycles. The maximum Gasteiger partial charge on any atom is 0.321 e. The van der Waals surface area contributed by atoms with Crippen molar-refractivity contribution in [3.05, 3.63) is 17.5 Å². The number of thioether (sulfide) groups is 1. The van der Waals surface area contributed by atoms with Gasteiger partial charge < -0.3 is 5.11 Å². The van der Waals surface area contributed by atoms with E-state index in [1.165, 1.54) is 0 Å². The molecule has 2 heterocycles. The third-order valence-corrected chi connectivity index (χ3v) is 3.89. The minimum atomic E-state index is -0.786. The summed E-state index contributed by atoms with van der Waals surface area (Å²) in [6.07, 6.45) is 1.80. The van der Waals surface area contributed by atoms with Gasteiger partial charge in [-0.25, -0.2) is 0 Å². The number of aliphatic carboxylic acids is 1. The van der Waals surface area contributed by atoms with Gasteiger partial charge in [0.1, 0.15) is 6.04 Å². The first kappa shape index (κ1) is 10.5. The molecule has 6 heteroatoms. The second-order valence-electron chi connectivity index (χ2n) is 3.58. The Morgan fingerprint density at radius 3 is 3.00 bits per heavy atom. The van der Waals surface area contributed by atoms with Crippen LogP contribution in [0.4, 0.5) is 0 Å². The summed E-state index contributed by atoms with van der Waals surface area (Å²) in [5, 5.41) is 16.1. The summed E-state index contributed by atoms with van der Waals surface area (Å²) in [5.74, 6) is -0.180. The van der Waals surface area contributed by atoms with Crippen molar-refractivity contribution in [2.75, 3.05) is 5.75 Å². The summed E-state index contributed by atoms with van der Waals surface area (Å²) >= 11 is 1.61. The maximum absolute atomic E-state index is 10.8. The van der Waals surface area contributed by atoms with Gasteiger partial charge >= 0.3 is 5.97 Å². The van der Waals surface area contributed by atoms with Gasteiger partial charge in [0.15, 0.2) is 0 Å². The van der Waals surface area contributed by atoms with Crippen LogP contribution in [0.3, 0.4) is 0 Å². The van der Waals surface area contributed by atoms with Crippen molar-refractivity contribution in [2.45, 2.75) is 18.3 Å². The lowest BCUT2D eigenvalue weighted by molar-refractivity contribution is -0.138. The molecule has 1 aromatic rings. The fourth-order valence-corrected chi connectivity index (χ4v) is 2.86. The lowest BCUT2D eigenvalue weighted by Gasteiger charge is -2.10. The normalized spacial score (nSPS) is 25.7. The number of nitrogens with one attached hydrogen (secondary N) is 1. The van der Waals surface area contributed by atoms with Gasteiger partial charge in [0.05, 0.1) is 11.6 Å². The molecule has 2 N–H and O–H groups in total. The number of aromatic nitrogens is 2. The lowest BCUT2D eigenvalue weighted by atomic mass is 10.2. The number of carboxylic acids is 1. The molecule has 1 saturated heterocycles. The molecule has 1 aliphatic heterocycles. The van der Waals surface area contributed by atoms with E-state index in [1.54, 1.807) is 22.6 Å². The Bertz CT molecular complexity index is 391. The van der Waals surface area contributed by atoms with Crippen LogP contribution in [0.5, 0.6) is 0 Å². The third-order valence-electron chi connectivity index (χ3n) is 2.64. The van der Waals surface area contributed by atoms with Gasteiger partial charge in [0, 0.05) is 24.1 Å². The summed E-state index contributed by atoms with van der Waals surface area (Å²) in [4.78, 5) is 10.8. The zero-order valence-corrected chi connectivity index (χ0v) is 9.41. The molecule has 82 valence electrons. The molecule has 1 aromatic heterocycles. The van der Waals surface area contributed by atoms with E-state index >= 15 is 0 Å². The van der Waals surface area contributed by atoms with Gasteiger partial charge in [-0.1, -0.05) is 0 Å². The molecule has 15 heavy (non-hydrogen) atoms. The predicted molar refractivity (Wildman–Crippen MR) is 57.7 cm³/mol. The summed E-state index contributed by atoms with van der Waals surface area (Å²) in [7, 11) is 1.88. The second kappa shape index (κ2) is 3.86. The van der Waals surface area contributed by atoms with Crippen molar-refractivity contribution in [2.24, 2.45) is 7.05 Å². The largest absolute Gasteiger partial charge is 0.480 e. The minimum Gasteiger partial charge on any atom is -0.480 e. The average Bonchev–Trinajstić information content (AvgIpc) is 2.76. The number of hydrogen-bond donors (Lipinski definition) is 2. The number of aryl methyl sites for hydroxylation is 1. The van der Waals surface area contributed by atoms with E-state index in [2.05, 4.69) is 10.4 Å². The average molecular weight is 227 g/mol. The van der Waals surface area contributed by atoms with Crippen LogP contribution in [-0.4, -0.2) is 32.7 Å². The smallest absolute Gasteiger partial charge is 0.321 e. The molecule has 0 spiro atoms. The van der Waals surface area contributed by atoms with Crippen LogP contribution >= 0.6 is 11.8 Å². The first-order valence-electron chi connectivity index (χ1n) is 4.68. The van der Waals surface area contributed by atoms with Gasteiger partial charge in [-0.05, 0) is 6.92 Å². The topological polar surface area (TPSA) is 67.2 Å². The molecule has 0 aromatic carbocycles. The molecule has 2 atom stereocenters. The van der Waals surface area contributed by atoms with E-state index in [4.69, 9.17) is 5.11 Å². The van der Waals surface area contributed by atoms with Crippen LogP contribution in [-0.2, 0) is 11.8 Å². The monoisotopic (exact) mass is 227 g/mol. The van der Waals surface area contributed by atoms with E-state index in [1.807, 2.05) is 14.0 Å². The molecule has 0 bridgehead atoms. The second-order valence-corrected chi connectivity index (χ2v) is 4.72. The zero-order chi connectivity index (χ0) is 11.0. The SMILES string of the molecule is Cc1c([C@H]2N[C@@H](C(=O)O)CS2)cnn1C. The highest BCUT2D eigenvalue weighted by atomic mass is 32.2. The molecule has 5 nitrogen and oxygen atoms in total. The molecule has 2 rings (SSSR count). The molecular formula is C9H13N3O2S. The van der Waals surface area contributed by atoms with E-state index in [9.17, 15) is 4.79 Å². The Morgan fingerprint density at radius 2 is 2.53 bits per heavy atom. The van der Waals surface area contributed by atoms with Crippen LogP contribution in [0.25, 0.3) is 0 Å². The molecule has 0 amide bonds. The number of carboxylic acid groups (broad SMARTS) is 1. The van der Waals surface area contributed by atoms with Gasteiger partial charge in [-0.3, -0.25) is 14.8 Å². The van der Waals surface area contributed by atoms with Crippen LogP contribution < -0.4 is 5.32 Å². The highest BCUT2D eigenvalue weighted by Gasteiger charge is 2.31. The van der Waals surface area contributed by atoms with E-state index in [0.29, 0.717) is 5.75 Å². The van der Waals surface area contributed by atoms with Gasteiger partial charge in [0.25, 0.3) is 0 Å². The number of carbonyl (C=O) groups is 1. The van der Waals surface area contributed by atoms with Crippen LogP contribution in [0.2, 0.25) is 0 Å². The molecule has 0 radical (unpaired) electrons. The Kier molecular flexibility index (Phi) is 2.70. The quantitative estimate of drug-likeness (QED) is 0.771. The number of rotatable bonds is 2. The van der Waals surface area contributed by atoms with Gasteiger partial charge in [0.2, 0.25) is 0 Å². The molecule has 1 fully saturated rings. The summed E-state index contributed by atoms with van der Waals surface area (Å²) < 4.78 is 1.80.